The van der Waals surface area contributed by atoms with Crippen LogP contribution in [0, 0.1) is 5.92 Å². The van der Waals surface area contributed by atoms with Crippen LogP contribution in [0.3, 0.4) is 0 Å². The first-order valence-corrected chi connectivity index (χ1v) is 18.9. The zero-order valence-electron chi connectivity index (χ0n) is 29.8. The number of para-hydroxylation sites is 1. The Labute approximate surface area is 305 Å². The Kier molecular flexibility index (Phi) is 14.1. The summed E-state index contributed by atoms with van der Waals surface area (Å²) in [5.74, 6) is -0.365. The minimum atomic E-state index is -0.807. The summed E-state index contributed by atoms with van der Waals surface area (Å²) in [5, 5.41) is 7.73. The van der Waals surface area contributed by atoms with Crippen molar-refractivity contribution in [3.8, 4) is 5.75 Å². The van der Waals surface area contributed by atoms with Crippen LogP contribution in [0.1, 0.15) is 62.1 Å². The second kappa shape index (κ2) is 18.9. The Balaban J connectivity index is 1.58. The lowest BCUT2D eigenvalue weighted by Gasteiger charge is -2.33. The highest BCUT2D eigenvalue weighted by Crippen LogP contribution is 2.35. The molecule has 1 aliphatic rings. The monoisotopic (exact) mass is 712 g/mol. The summed E-state index contributed by atoms with van der Waals surface area (Å²) >= 11 is 1.61. The van der Waals surface area contributed by atoms with Gasteiger partial charge in [-0.1, -0.05) is 54.6 Å². The second-order valence-electron chi connectivity index (χ2n) is 13.1. The van der Waals surface area contributed by atoms with Gasteiger partial charge >= 0.3 is 0 Å². The maximum Gasteiger partial charge on any atom is 0.243 e. The third-order valence-corrected chi connectivity index (χ3v) is 11.0. The smallest absolute Gasteiger partial charge is 0.243 e. The average molecular weight is 713 g/mol. The molecular weight excluding hydrogens is 661 g/mol. The second-order valence-corrected chi connectivity index (χ2v) is 14.2. The number of Topliss-reactive ketones (excluding diaryl/α,β-unsaturated/α-hetero) is 1. The van der Waals surface area contributed by atoms with Crippen LogP contribution in [0.15, 0.2) is 82.7 Å². The fraction of sp³-hybridized carbons (Fsp3) is 0.425. The van der Waals surface area contributed by atoms with Gasteiger partial charge in [0.1, 0.15) is 11.8 Å². The van der Waals surface area contributed by atoms with E-state index in [-0.39, 0.29) is 30.6 Å². The predicted molar refractivity (Wildman–Crippen MR) is 204 cm³/mol. The minimum absolute atomic E-state index is 0.0184. The van der Waals surface area contributed by atoms with Crippen LogP contribution < -0.4 is 26.8 Å². The summed E-state index contributed by atoms with van der Waals surface area (Å²) < 4.78 is 5.58. The average Bonchev–Trinajstić information content (AvgIpc) is 3.56. The van der Waals surface area contributed by atoms with Gasteiger partial charge in [0.25, 0.3) is 0 Å². The summed E-state index contributed by atoms with van der Waals surface area (Å²) in [7, 11) is 1.63. The molecule has 10 nitrogen and oxygen atoms in total. The molecular formula is C40H52N6O4S. The maximum atomic E-state index is 14.7. The molecule has 5 rings (SSSR count). The molecule has 11 heteroatoms. The number of rotatable bonds is 11. The summed E-state index contributed by atoms with van der Waals surface area (Å²) in [6, 6.07) is 20.7. The number of aromatic amines is 1. The molecule has 0 aliphatic carbocycles. The molecule has 0 spiro atoms. The molecule has 272 valence electrons. The van der Waals surface area contributed by atoms with E-state index in [0.29, 0.717) is 64.0 Å². The van der Waals surface area contributed by atoms with Crippen molar-refractivity contribution in [1.29, 1.82) is 0 Å². The van der Waals surface area contributed by atoms with Gasteiger partial charge in [-0.15, -0.1) is 0 Å². The first-order valence-electron chi connectivity index (χ1n) is 18.1. The number of ketones is 1. The fourth-order valence-electron chi connectivity index (χ4n) is 6.87. The predicted octanol–water partition coefficient (Wildman–Crippen LogP) is 5.32. The number of unbranched alkanes of at least 4 members (excludes halogenated alkanes) is 1. The van der Waals surface area contributed by atoms with E-state index in [1.165, 1.54) is 0 Å². The molecule has 2 amide bonds. The van der Waals surface area contributed by atoms with Crippen molar-refractivity contribution in [3.05, 3.63) is 89.6 Å². The molecule has 3 aromatic carbocycles. The molecule has 0 fully saturated rings. The molecule has 4 aromatic rings. The van der Waals surface area contributed by atoms with Crippen LogP contribution in [-0.4, -0.2) is 66.3 Å². The zero-order chi connectivity index (χ0) is 36.2. The number of hydrogen-bond acceptors (Lipinski definition) is 8. The quantitative estimate of drug-likeness (QED) is 0.131. The first-order chi connectivity index (χ1) is 24.9. The molecule has 0 unspecified atom stereocenters. The molecule has 0 radical (unpaired) electrons. The number of likely N-dealkylation sites (N-methyl/N-ethyl adjacent to an activating group) is 1. The fourth-order valence-corrected chi connectivity index (χ4v) is 7.92. The number of nitrogens with two attached hydrogens (primary N) is 2. The van der Waals surface area contributed by atoms with Crippen LogP contribution in [0.5, 0.6) is 5.75 Å². The lowest BCUT2D eigenvalue weighted by Crippen LogP contribution is -2.52. The summed E-state index contributed by atoms with van der Waals surface area (Å²) in [4.78, 5) is 50.3. The van der Waals surface area contributed by atoms with E-state index in [2.05, 4.69) is 27.8 Å². The third kappa shape index (κ3) is 9.79. The van der Waals surface area contributed by atoms with Crippen LogP contribution in [0.4, 0.5) is 0 Å². The highest BCUT2D eigenvalue weighted by molar-refractivity contribution is 7.99. The Morgan fingerprint density at radius 2 is 1.65 bits per heavy atom. The molecule has 51 heavy (non-hydrogen) atoms. The van der Waals surface area contributed by atoms with E-state index in [1.807, 2.05) is 67.7 Å². The number of benzene rings is 3. The Morgan fingerprint density at radius 1 is 0.882 bits per heavy atom. The third-order valence-electron chi connectivity index (χ3n) is 9.73. The van der Waals surface area contributed by atoms with Gasteiger partial charge in [0, 0.05) is 65.3 Å². The highest BCUT2D eigenvalue weighted by atomic mass is 32.2. The molecule has 1 aromatic heterocycles. The van der Waals surface area contributed by atoms with Gasteiger partial charge in [-0.2, -0.15) is 0 Å². The van der Waals surface area contributed by atoms with E-state index < -0.39 is 18.0 Å². The van der Waals surface area contributed by atoms with Crippen molar-refractivity contribution < 1.29 is 19.1 Å². The maximum absolute atomic E-state index is 14.7. The Bertz CT molecular complexity index is 1780. The van der Waals surface area contributed by atoms with E-state index in [1.54, 1.807) is 23.8 Å². The van der Waals surface area contributed by atoms with Crippen molar-refractivity contribution in [1.82, 2.24) is 20.5 Å². The molecule has 1 aliphatic heterocycles. The SMILES string of the molecule is CCN1C(=O)[C@H](CCCCN)CC(=O)[C@H](CCCN)NCc2ccccc2Sc2ccc(OC)cc2CNC(=O)[C@@H]1Cc1c[nH]c2ccccc12. The number of nitrogens with zero attached hydrogens (tertiary/aromatic N) is 1. The van der Waals surface area contributed by atoms with E-state index in [0.717, 1.165) is 43.8 Å². The number of ether oxygens (including phenoxy) is 1. The van der Waals surface area contributed by atoms with Crippen LogP contribution >= 0.6 is 11.8 Å². The molecule has 0 saturated carbocycles. The van der Waals surface area contributed by atoms with Gasteiger partial charge in [-0.05, 0) is 92.7 Å². The standard InChI is InChI=1S/C40H52N6O4S/c1-3-46-35(22-29-25-43-33-14-6-5-13-32(29)33)39(48)45-26-30-21-31(50-2)17-18-38(30)51-37-16-7-4-12-28(37)24-44-34(15-10-20-42)36(47)23-27(40(46)49)11-8-9-19-41/h4-7,12-14,16-18,21,25,27,34-35,43-44H,3,8-11,15,19-20,22-24,26,41-42H2,1-2H3,(H,45,48)/t27-,34+,35+/m1/s1. The number of fused-ring (bicyclic) bond motifs is 3. The molecule has 0 bridgehead atoms. The zero-order valence-corrected chi connectivity index (χ0v) is 30.6. The minimum Gasteiger partial charge on any atom is -0.497 e. The van der Waals surface area contributed by atoms with E-state index in [4.69, 9.17) is 16.2 Å². The number of H-pyrrole nitrogens is 1. The number of amides is 2. The van der Waals surface area contributed by atoms with E-state index in [9.17, 15) is 14.4 Å². The molecule has 3 atom stereocenters. The van der Waals surface area contributed by atoms with Crippen molar-refractivity contribution in [2.24, 2.45) is 17.4 Å². The summed E-state index contributed by atoms with van der Waals surface area (Å²) in [5.41, 5.74) is 15.6. The number of methoxy groups -OCH3 is 1. The van der Waals surface area contributed by atoms with Gasteiger partial charge < -0.3 is 36.7 Å². The topological polar surface area (TPSA) is 156 Å². The summed E-state index contributed by atoms with van der Waals surface area (Å²) in [6.07, 6.45) is 5.52. The Morgan fingerprint density at radius 3 is 2.43 bits per heavy atom. The van der Waals surface area contributed by atoms with Gasteiger partial charge in [-0.3, -0.25) is 14.4 Å². The highest BCUT2D eigenvalue weighted by Gasteiger charge is 2.35. The summed E-state index contributed by atoms with van der Waals surface area (Å²) in [6.45, 7) is 3.90. The normalized spacial score (nSPS) is 19.3. The largest absolute Gasteiger partial charge is 0.497 e. The number of nitrogens with one attached hydrogen (secondary N) is 3. The number of carbonyl (C=O) groups is 3. The number of carbonyl (C=O) groups excluding carboxylic acids is 3. The number of aromatic nitrogens is 1. The lowest BCUT2D eigenvalue weighted by molar-refractivity contribution is -0.145. The van der Waals surface area contributed by atoms with Gasteiger partial charge in [0.15, 0.2) is 5.78 Å². The van der Waals surface area contributed by atoms with Crippen molar-refractivity contribution >= 4 is 40.3 Å². The Hall–Kier alpha value is -4.16. The molecule has 7 N–H and O–H groups in total. The van der Waals surface area contributed by atoms with Crippen LogP contribution in [0.2, 0.25) is 0 Å². The van der Waals surface area contributed by atoms with Crippen molar-refractivity contribution in [2.75, 3.05) is 26.7 Å². The van der Waals surface area contributed by atoms with Crippen LogP contribution in [0.25, 0.3) is 10.9 Å². The molecule has 2 heterocycles. The van der Waals surface area contributed by atoms with Crippen molar-refractivity contribution in [3.63, 3.8) is 0 Å². The van der Waals surface area contributed by atoms with Gasteiger partial charge in [0.05, 0.1) is 13.2 Å². The van der Waals surface area contributed by atoms with Gasteiger partial charge in [0.2, 0.25) is 11.8 Å². The van der Waals surface area contributed by atoms with E-state index >= 15 is 0 Å². The lowest BCUT2D eigenvalue weighted by atomic mass is 9.90. The first kappa shape index (κ1) is 38.1. The van der Waals surface area contributed by atoms with Crippen molar-refractivity contribution in [2.45, 2.75) is 86.8 Å². The molecule has 0 saturated heterocycles. The van der Waals surface area contributed by atoms with Gasteiger partial charge in [-0.25, -0.2) is 0 Å². The number of hydrogen-bond donors (Lipinski definition) is 5. The van der Waals surface area contributed by atoms with Crippen LogP contribution in [-0.2, 0) is 33.9 Å².